The van der Waals surface area contributed by atoms with E-state index in [2.05, 4.69) is 9.71 Å². The highest BCUT2D eigenvalue weighted by atomic mass is 32.2. The monoisotopic (exact) mass is 475 g/mol. The molecule has 174 valence electrons. The SMILES string of the molecule is O=C(c1ccc(NC2=NS(=O)(=O)c3ccccc32)cc1)N(Cc1ccccc1)CC1CCCO1. The zero-order valence-electron chi connectivity index (χ0n) is 18.6. The first-order valence-corrected chi connectivity index (χ1v) is 12.7. The maximum Gasteiger partial charge on any atom is 0.285 e. The summed E-state index contributed by atoms with van der Waals surface area (Å²) in [6.45, 7) is 1.78. The van der Waals surface area contributed by atoms with Crippen LogP contribution in [0.5, 0.6) is 0 Å². The number of nitrogens with zero attached hydrogens (tertiary/aromatic N) is 2. The Hall–Kier alpha value is -3.49. The van der Waals surface area contributed by atoms with E-state index in [-0.39, 0.29) is 22.7 Å². The van der Waals surface area contributed by atoms with Crippen LogP contribution in [0.15, 0.2) is 88.2 Å². The smallest absolute Gasteiger partial charge is 0.285 e. The third-order valence-corrected chi connectivity index (χ3v) is 7.31. The second-order valence-corrected chi connectivity index (χ2v) is 9.99. The summed E-state index contributed by atoms with van der Waals surface area (Å²) in [7, 11) is -3.70. The Morgan fingerprint density at radius 3 is 2.47 bits per heavy atom. The summed E-state index contributed by atoms with van der Waals surface area (Å²) in [6, 6.07) is 23.6. The predicted octanol–water partition coefficient (Wildman–Crippen LogP) is 4.07. The predicted molar refractivity (Wildman–Crippen MR) is 130 cm³/mol. The number of hydrogen-bond acceptors (Lipinski definition) is 5. The van der Waals surface area contributed by atoms with Crippen LogP contribution in [0, 0.1) is 0 Å². The van der Waals surface area contributed by atoms with Crippen LogP contribution in [0.2, 0.25) is 0 Å². The fourth-order valence-corrected chi connectivity index (χ4v) is 5.44. The van der Waals surface area contributed by atoms with Gasteiger partial charge in [-0.25, -0.2) is 0 Å². The van der Waals surface area contributed by atoms with Gasteiger partial charge in [-0.2, -0.15) is 8.42 Å². The lowest BCUT2D eigenvalue weighted by Gasteiger charge is -2.26. The molecule has 0 radical (unpaired) electrons. The number of anilines is 1. The number of benzene rings is 3. The minimum atomic E-state index is -3.70. The number of amides is 1. The first-order valence-electron chi connectivity index (χ1n) is 11.3. The van der Waals surface area contributed by atoms with Gasteiger partial charge in [0.1, 0.15) is 4.90 Å². The second kappa shape index (κ2) is 9.40. The Labute approximate surface area is 199 Å². The zero-order chi connectivity index (χ0) is 23.5. The maximum absolute atomic E-state index is 13.4. The van der Waals surface area contributed by atoms with E-state index in [1.807, 2.05) is 35.2 Å². The Bertz CT molecular complexity index is 1320. The fourth-order valence-electron chi connectivity index (χ4n) is 4.27. The van der Waals surface area contributed by atoms with Gasteiger partial charge in [0.2, 0.25) is 0 Å². The van der Waals surface area contributed by atoms with E-state index in [1.54, 1.807) is 48.5 Å². The molecule has 3 aromatic carbocycles. The summed E-state index contributed by atoms with van der Waals surface area (Å²) >= 11 is 0. The molecule has 1 atom stereocenters. The van der Waals surface area contributed by atoms with Crippen molar-refractivity contribution >= 4 is 27.5 Å². The average molecular weight is 476 g/mol. The highest BCUT2D eigenvalue weighted by Crippen LogP contribution is 2.27. The van der Waals surface area contributed by atoms with Gasteiger partial charge in [-0.1, -0.05) is 42.5 Å². The molecule has 0 spiro atoms. The van der Waals surface area contributed by atoms with Crippen LogP contribution in [0.25, 0.3) is 0 Å². The molecule has 0 saturated carbocycles. The van der Waals surface area contributed by atoms with Gasteiger partial charge in [-0.05, 0) is 54.8 Å². The summed E-state index contributed by atoms with van der Waals surface area (Å²) < 4.78 is 34.2. The van der Waals surface area contributed by atoms with E-state index in [0.29, 0.717) is 29.9 Å². The van der Waals surface area contributed by atoms with E-state index in [4.69, 9.17) is 4.74 Å². The van der Waals surface area contributed by atoms with Crippen LogP contribution in [-0.2, 0) is 21.3 Å². The van der Waals surface area contributed by atoms with Crippen molar-refractivity contribution in [1.82, 2.24) is 4.90 Å². The summed E-state index contributed by atoms with van der Waals surface area (Å²) in [6.07, 6.45) is 2.02. The fraction of sp³-hybridized carbons (Fsp3) is 0.231. The molecule has 1 unspecified atom stereocenters. The highest BCUT2D eigenvalue weighted by Gasteiger charge is 2.28. The van der Waals surface area contributed by atoms with Gasteiger partial charge in [0.25, 0.3) is 15.9 Å². The van der Waals surface area contributed by atoms with Crippen LogP contribution >= 0.6 is 0 Å². The van der Waals surface area contributed by atoms with Crippen LogP contribution < -0.4 is 5.32 Å². The van der Waals surface area contributed by atoms with E-state index >= 15 is 0 Å². The van der Waals surface area contributed by atoms with Crippen molar-refractivity contribution in [3.63, 3.8) is 0 Å². The molecule has 3 aromatic rings. The van der Waals surface area contributed by atoms with Crippen LogP contribution in [-0.4, -0.2) is 44.3 Å². The second-order valence-electron chi connectivity index (χ2n) is 8.42. The van der Waals surface area contributed by atoms with Crippen LogP contribution in [0.3, 0.4) is 0 Å². The van der Waals surface area contributed by atoms with Gasteiger partial charge in [0.05, 0.1) is 6.10 Å². The lowest BCUT2D eigenvalue weighted by molar-refractivity contribution is 0.0507. The topological polar surface area (TPSA) is 88.1 Å². The molecule has 2 aliphatic rings. The number of sulfonamides is 1. The number of nitrogens with one attached hydrogen (secondary N) is 1. The van der Waals surface area contributed by atoms with Crippen molar-refractivity contribution in [3.8, 4) is 0 Å². The van der Waals surface area contributed by atoms with Crippen molar-refractivity contribution in [2.45, 2.75) is 30.4 Å². The molecule has 0 aliphatic carbocycles. The van der Waals surface area contributed by atoms with Gasteiger partial charge >= 0.3 is 0 Å². The van der Waals surface area contributed by atoms with E-state index in [9.17, 15) is 13.2 Å². The molecule has 8 heteroatoms. The molecule has 2 heterocycles. The molecule has 1 saturated heterocycles. The molecule has 0 bridgehead atoms. The third kappa shape index (κ3) is 4.73. The summed E-state index contributed by atoms with van der Waals surface area (Å²) in [4.78, 5) is 15.4. The van der Waals surface area contributed by atoms with Gasteiger partial charge in [-0.3, -0.25) is 4.79 Å². The number of carbonyl (C=O) groups excluding carboxylic acids is 1. The van der Waals surface area contributed by atoms with Gasteiger partial charge in [0, 0.05) is 36.5 Å². The average Bonchev–Trinajstić information content (AvgIpc) is 3.45. The normalized spacial score (nSPS) is 18.2. The Balaban J connectivity index is 1.33. The quantitative estimate of drug-likeness (QED) is 0.581. The van der Waals surface area contributed by atoms with Crippen molar-refractivity contribution in [3.05, 3.63) is 95.6 Å². The van der Waals surface area contributed by atoms with Crippen molar-refractivity contribution in [1.29, 1.82) is 0 Å². The first kappa shape index (κ1) is 22.3. The molecule has 5 rings (SSSR count). The number of fused-ring (bicyclic) bond motifs is 1. The molecule has 34 heavy (non-hydrogen) atoms. The van der Waals surface area contributed by atoms with E-state index in [1.165, 1.54) is 0 Å². The standard InChI is InChI=1S/C26H25N3O4S/c30-26(29(18-22-9-6-16-33-22)17-19-7-2-1-3-8-19)20-12-14-21(15-13-20)27-25-23-10-4-5-11-24(23)34(31,32)28-25/h1-5,7-8,10-15,22H,6,9,16-18H2,(H,27,28). The maximum atomic E-state index is 13.4. The largest absolute Gasteiger partial charge is 0.376 e. The molecular weight excluding hydrogens is 450 g/mol. The molecular formula is C26H25N3O4S. The number of rotatable bonds is 6. The van der Waals surface area contributed by atoms with Gasteiger partial charge in [-0.15, -0.1) is 4.40 Å². The van der Waals surface area contributed by atoms with E-state index in [0.717, 1.165) is 25.0 Å². The highest BCUT2D eigenvalue weighted by molar-refractivity contribution is 7.90. The van der Waals surface area contributed by atoms with Crippen molar-refractivity contribution in [2.75, 3.05) is 18.5 Å². The Kier molecular flexibility index (Phi) is 6.17. The van der Waals surface area contributed by atoms with Gasteiger partial charge in [0.15, 0.2) is 5.84 Å². The molecule has 1 N–H and O–H groups in total. The van der Waals surface area contributed by atoms with Crippen molar-refractivity contribution < 1.29 is 17.9 Å². The number of amidine groups is 1. The third-order valence-electron chi connectivity index (χ3n) is 5.98. The zero-order valence-corrected chi connectivity index (χ0v) is 19.4. The lowest BCUT2D eigenvalue weighted by Crippen LogP contribution is -2.37. The summed E-state index contributed by atoms with van der Waals surface area (Å²) in [5.41, 5.74) is 2.80. The summed E-state index contributed by atoms with van der Waals surface area (Å²) in [5, 5.41) is 3.07. The first-order chi connectivity index (χ1) is 16.5. The number of ether oxygens (including phenoxy) is 1. The molecule has 7 nitrogen and oxygen atoms in total. The number of hydrogen-bond donors (Lipinski definition) is 1. The van der Waals surface area contributed by atoms with Crippen LogP contribution in [0.1, 0.15) is 34.3 Å². The van der Waals surface area contributed by atoms with Crippen molar-refractivity contribution in [2.24, 2.45) is 4.40 Å². The lowest BCUT2D eigenvalue weighted by atomic mass is 10.1. The molecule has 2 aliphatic heterocycles. The minimum absolute atomic E-state index is 0.0518. The molecule has 0 aromatic heterocycles. The molecule has 1 amide bonds. The Morgan fingerprint density at radius 2 is 1.74 bits per heavy atom. The molecule has 1 fully saturated rings. The summed E-state index contributed by atoms with van der Waals surface area (Å²) in [5.74, 6) is 0.204. The number of carbonyl (C=O) groups is 1. The minimum Gasteiger partial charge on any atom is -0.376 e. The van der Waals surface area contributed by atoms with Crippen LogP contribution in [0.4, 0.5) is 5.69 Å². The Morgan fingerprint density at radius 1 is 1.00 bits per heavy atom. The van der Waals surface area contributed by atoms with Gasteiger partial charge < -0.3 is 15.0 Å². The van der Waals surface area contributed by atoms with E-state index < -0.39 is 10.0 Å².